The molecule has 0 heterocycles. The van der Waals surface area contributed by atoms with Crippen LogP contribution in [0.1, 0.15) is 18.9 Å². The van der Waals surface area contributed by atoms with Crippen molar-refractivity contribution in [2.45, 2.75) is 29.6 Å². The van der Waals surface area contributed by atoms with E-state index in [4.69, 9.17) is 0 Å². The van der Waals surface area contributed by atoms with Gasteiger partial charge in [0.05, 0.1) is 9.79 Å². The Morgan fingerprint density at radius 2 is 1.50 bits per heavy atom. The summed E-state index contributed by atoms with van der Waals surface area (Å²) in [5.74, 6) is 0. The molecule has 0 fully saturated rings. The van der Waals surface area contributed by atoms with Crippen LogP contribution in [-0.4, -0.2) is 8.42 Å². The highest BCUT2D eigenvalue weighted by Gasteiger charge is 2.19. The number of hydrogen-bond donors (Lipinski definition) is 0. The molecule has 0 N–H and O–H groups in total. The topological polar surface area (TPSA) is 34.1 Å². The molecule has 0 amide bonds. The van der Waals surface area contributed by atoms with Crippen LogP contribution in [0.25, 0.3) is 0 Å². The average Bonchev–Trinajstić information content (AvgIpc) is 2.41. The second kappa shape index (κ2) is 5.36. The van der Waals surface area contributed by atoms with Gasteiger partial charge in [0.1, 0.15) is 0 Å². The molecule has 94 valence electrons. The van der Waals surface area contributed by atoms with Crippen LogP contribution in [0.3, 0.4) is 0 Å². The first-order valence-electron chi connectivity index (χ1n) is 6.04. The van der Waals surface area contributed by atoms with E-state index < -0.39 is 9.84 Å². The van der Waals surface area contributed by atoms with Crippen molar-refractivity contribution in [2.24, 2.45) is 0 Å². The summed E-state index contributed by atoms with van der Waals surface area (Å²) < 4.78 is 25.1. The van der Waals surface area contributed by atoms with Crippen LogP contribution in [0, 0.1) is 0 Å². The smallest absolute Gasteiger partial charge is 0.206 e. The highest BCUT2D eigenvalue weighted by atomic mass is 32.2. The molecule has 0 aliphatic rings. The Bertz CT molecular complexity index is 616. The van der Waals surface area contributed by atoms with Gasteiger partial charge in [-0.05, 0) is 30.2 Å². The fourth-order valence-corrected chi connectivity index (χ4v) is 3.51. The molecule has 0 saturated carbocycles. The Balaban J connectivity index is 2.55. The molecule has 2 nitrogen and oxygen atoms in total. The van der Waals surface area contributed by atoms with Crippen molar-refractivity contribution in [2.75, 3.05) is 0 Å². The molecule has 0 spiro atoms. The number of sulfone groups is 1. The van der Waals surface area contributed by atoms with Crippen molar-refractivity contribution in [1.29, 1.82) is 0 Å². The first-order chi connectivity index (χ1) is 8.66. The van der Waals surface area contributed by atoms with Gasteiger partial charge < -0.3 is 0 Å². The molecule has 2 aromatic carbocycles. The number of rotatable bonds is 4. The molecule has 2 aromatic rings. The minimum Gasteiger partial charge on any atom is -0.219 e. The first kappa shape index (κ1) is 12.8. The van der Waals surface area contributed by atoms with E-state index in [1.54, 1.807) is 36.4 Å². The van der Waals surface area contributed by atoms with Crippen molar-refractivity contribution in [3.63, 3.8) is 0 Å². The summed E-state index contributed by atoms with van der Waals surface area (Å²) in [7, 11) is -3.39. The molecular weight excluding hydrogens is 244 g/mol. The quantitative estimate of drug-likeness (QED) is 0.843. The molecule has 0 radical (unpaired) electrons. The Labute approximate surface area is 108 Å². The van der Waals surface area contributed by atoms with Gasteiger partial charge in [-0.25, -0.2) is 8.42 Å². The van der Waals surface area contributed by atoms with Gasteiger partial charge in [-0.1, -0.05) is 49.7 Å². The van der Waals surface area contributed by atoms with Gasteiger partial charge in [-0.15, -0.1) is 0 Å². The second-order valence-electron chi connectivity index (χ2n) is 4.17. The average molecular weight is 260 g/mol. The van der Waals surface area contributed by atoms with Crippen molar-refractivity contribution in [3.05, 3.63) is 60.2 Å². The maximum atomic E-state index is 12.5. The molecule has 3 heteroatoms. The van der Waals surface area contributed by atoms with Crippen molar-refractivity contribution in [3.8, 4) is 0 Å². The molecule has 0 atom stereocenters. The lowest BCUT2D eigenvalue weighted by Crippen LogP contribution is -2.05. The Kier molecular flexibility index (Phi) is 3.82. The van der Waals surface area contributed by atoms with Crippen LogP contribution in [0.15, 0.2) is 64.4 Å². The zero-order chi connectivity index (χ0) is 13.0. The van der Waals surface area contributed by atoms with Crippen LogP contribution >= 0.6 is 0 Å². The Hall–Kier alpha value is -1.61. The van der Waals surface area contributed by atoms with E-state index in [1.165, 1.54) is 0 Å². The number of benzene rings is 2. The molecule has 0 unspecified atom stereocenters. The van der Waals surface area contributed by atoms with E-state index in [0.29, 0.717) is 9.79 Å². The Morgan fingerprint density at radius 3 is 2.17 bits per heavy atom. The molecule has 0 aromatic heterocycles. The summed E-state index contributed by atoms with van der Waals surface area (Å²) in [4.78, 5) is 0.784. The third-order valence-electron chi connectivity index (χ3n) is 2.83. The standard InChI is InChI=1S/C15H16O2S/c1-2-8-13-9-6-7-12-15(13)18(16,17)14-10-4-3-5-11-14/h3-7,9-12H,2,8H2,1H3. The summed E-state index contributed by atoms with van der Waals surface area (Å²) in [6.07, 6.45) is 1.71. The van der Waals surface area contributed by atoms with Crippen molar-refractivity contribution >= 4 is 9.84 Å². The summed E-state index contributed by atoms with van der Waals surface area (Å²) in [5, 5.41) is 0. The third kappa shape index (κ3) is 2.46. The molecule has 0 bridgehead atoms. The fourth-order valence-electron chi connectivity index (χ4n) is 1.97. The number of aryl methyl sites for hydroxylation is 1. The van der Waals surface area contributed by atoms with Crippen LogP contribution < -0.4 is 0 Å². The molecule has 0 aliphatic carbocycles. The van der Waals surface area contributed by atoms with Gasteiger partial charge in [0, 0.05) is 0 Å². The summed E-state index contributed by atoms with van der Waals surface area (Å²) in [5.41, 5.74) is 0.892. The van der Waals surface area contributed by atoms with E-state index in [0.717, 1.165) is 18.4 Å². The maximum absolute atomic E-state index is 12.5. The molecule has 0 saturated heterocycles. The molecule has 18 heavy (non-hydrogen) atoms. The van der Waals surface area contributed by atoms with Gasteiger partial charge in [-0.2, -0.15) is 0 Å². The highest BCUT2D eigenvalue weighted by Crippen LogP contribution is 2.24. The zero-order valence-electron chi connectivity index (χ0n) is 10.3. The minimum absolute atomic E-state index is 0.355. The van der Waals surface area contributed by atoms with E-state index in [9.17, 15) is 8.42 Å². The minimum atomic E-state index is -3.39. The summed E-state index contributed by atoms with van der Waals surface area (Å²) >= 11 is 0. The van der Waals surface area contributed by atoms with Crippen molar-refractivity contribution < 1.29 is 8.42 Å². The first-order valence-corrected chi connectivity index (χ1v) is 7.52. The number of hydrogen-bond acceptors (Lipinski definition) is 2. The highest BCUT2D eigenvalue weighted by molar-refractivity contribution is 7.91. The van der Waals surface area contributed by atoms with E-state index in [-0.39, 0.29) is 0 Å². The van der Waals surface area contributed by atoms with Gasteiger partial charge in [0.25, 0.3) is 0 Å². The molecular formula is C15H16O2S. The van der Waals surface area contributed by atoms with Gasteiger partial charge in [0.2, 0.25) is 9.84 Å². The lowest BCUT2D eigenvalue weighted by molar-refractivity contribution is 0.594. The van der Waals surface area contributed by atoms with Gasteiger partial charge in [-0.3, -0.25) is 0 Å². The SMILES string of the molecule is CCCc1ccccc1S(=O)(=O)c1ccccc1. The lowest BCUT2D eigenvalue weighted by atomic mass is 10.1. The fraction of sp³-hybridized carbons (Fsp3) is 0.200. The second-order valence-corrected chi connectivity index (χ2v) is 6.09. The van der Waals surface area contributed by atoms with Crippen molar-refractivity contribution in [1.82, 2.24) is 0 Å². The van der Waals surface area contributed by atoms with Crippen LogP contribution in [0.2, 0.25) is 0 Å². The van der Waals surface area contributed by atoms with Gasteiger partial charge >= 0.3 is 0 Å². The van der Waals surface area contributed by atoms with Gasteiger partial charge in [0.15, 0.2) is 0 Å². The van der Waals surface area contributed by atoms with Crippen LogP contribution in [-0.2, 0) is 16.3 Å². The molecule has 0 aliphatic heterocycles. The third-order valence-corrected chi connectivity index (χ3v) is 4.71. The normalized spacial score (nSPS) is 11.4. The Morgan fingerprint density at radius 1 is 0.889 bits per heavy atom. The van der Waals surface area contributed by atoms with Crippen LogP contribution in [0.5, 0.6) is 0 Å². The monoisotopic (exact) mass is 260 g/mol. The predicted molar refractivity (Wildman–Crippen MR) is 72.3 cm³/mol. The van der Waals surface area contributed by atoms with E-state index in [2.05, 4.69) is 0 Å². The van der Waals surface area contributed by atoms with E-state index >= 15 is 0 Å². The largest absolute Gasteiger partial charge is 0.219 e. The predicted octanol–water partition coefficient (Wildman–Crippen LogP) is 3.47. The summed E-state index contributed by atoms with van der Waals surface area (Å²) in [6.45, 7) is 2.05. The molecule has 2 rings (SSSR count). The summed E-state index contributed by atoms with van der Waals surface area (Å²) in [6, 6.07) is 15.8. The lowest BCUT2D eigenvalue weighted by Gasteiger charge is -2.09. The van der Waals surface area contributed by atoms with Crippen LogP contribution in [0.4, 0.5) is 0 Å². The van der Waals surface area contributed by atoms with E-state index in [1.807, 2.05) is 25.1 Å². The zero-order valence-corrected chi connectivity index (χ0v) is 11.2. The maximum Gasteiger partial charge on any atom is 0.206 e.